The maximum atomic E-state index is 14.3. The van der Waals surface area contributed by atoms with Crippen molar-refractivity contribution in [2.24, 2.45) is 5.73 Å². The maximum absolute atomic E-state index is 14.3. The molecule has 4 atom stereocenters. The normalized spacial score (nSPS) is 16.9. The summed E-state index contributed by atoms with van der Waals surface area (Å²) in [5, 5.41) is 40.5. The molecule has 2 aromatic carbocycles. The van der Waals surface area contributed by atoms with E-state index in [2.05, 4.69) is 15.6 Å². The van der Waals surface area contributed by atoms with Gasteiger partial charge in [0.15, 0.2) is 0 Å². The zero-order valence-electron chi connectivity index (χ0n) is 25.8. The molecule has 0 saturated carbocycles. The molecule has 2 aliphatic rings. The van der Waals surface area contributed by atoms with Crippen LogP contribution in [0.4, 0.5) is 0 Å². The third kappa shape index (κ3) is 5.58. The van der Waals surface area contributed by atoms with Crippen LogP contribution in [0.25, 0.3) is 22.2 Å². The van der Waals surface area contributed by atoms with Crippen LogP contribution in [-0.4, -0.2) is 84.1 Å². The van der Waals surface area contributed by atoms with E-state index in [4.69, 9.17) is 15.6 Å². The summed E-state index contributed by atoms with van der Waals surface area (Å²) in [6, 6.07) is 15.8. The van der Waals surface area contributed by atoms with Gasteiger partial charge in [0, 0.05) is 17.8 Å². The third-order valence-electron chi connectivity index (χ3n) is 8.54. The van der Waals surface area contributed by atoms with Crippen LogP contribution in [-0.2, 0) is 16.0 Å². The summed E-state index contributed by atoms with van der Waals surface area (Å²) in [5.74, 6) is -1.13. The van der Waals surface area contributed by atoms with E-state index in [1.807, 2.05) is 43.3 Å². The summed E-state index contributed by atoms with van der Waals surface area (Å²) in [5.41, 5.74) is 10.1. The summed E-state index contributed by atoms with van der Waals surface area (Å²) in [7, 11) is 0. The third-order valence-corrected chi connectivity index (χ3v) is 8.54. The van der Waals surface area contributed by atoms with E-state index >= 15 is 0 Å². The molecule has 0 saturated heterocycles. The molecule has 3 heterocycles. The molecule has 13 heteroatoms. The second kappa shape index (κ2) is 12.7. The Morgan fingerprint density at radius 3 is 2.49 bits per heavy atom. The average Bonchev–Trinajstić information content (AvgIpc) is 3.35. The fourth-order valence-electron chi connectivity index (χ4n) is 6.16. The van der Waals surface area contributed by atoms with Crippen molar-refractivity contribution >= 4 is 34.0 Å². The average molecular weight is 642 g/mol. The number of esters is 1. The number of aliphatic hydroxyl groups is 4. The smallest absolute Gasteiger partial charge is 0.338 e. The van der Waals surface area contributed by atoms with Gasteiger partial charge in [0.1, 0.15) is 30.2 Å². The number of aliphatic hydroxyl groups excluding tert-OH is 4. The Bertz CT molecular complexity index is 2000. The number of carbonyl (C=O) groups excluding carboxylic acids is 2. The van der Waals surface area contributed by atoms with Gasteiger partial charge in [-0.05, 0) is 56.5 Å². The second-order valence-corrected chi connectivity index (χ2v) is 11.6. The first-order valence-electron chi connectivity index (χ1n) is 15.2. The van der Waals surface area contributed by atoms with Crippen molar-refractivity contribution in [3.8, 4) is 0 Å². The molecule has 13 nitrogen and oxygen atoms in total. The Balaban J connectivity index is 1.41. The van der Waals surface area contributed by atoms with Gasteiger partial charge in [-0.15, -0.1) is 0 Å². The molecular weight excluding hydrogens is 606 g/mol. The first-order valence-corrected chi connectivity index (χ1v) is 15.2. The molecule has 1 amide bonds. The lowest BCUT2D eigenvalue weighted by atomic mass is 9.96. The fourth-order valence-corrected chi connectivity index (χ4v) is 6.16. The lowest BCUT2D eigenvalue weighted by Gasteiger charge is -2.27. The molecule has 4 aromatic rings. The van der Waals surface area contributed by atoms with E-state index < -0.39 is 42.6 Å². The van der Waals surface area contributed by atoms with Gasteiger partial charge < -0.3 is 35.5 Å². The molecule has 0 unspecified atom stereocenters. The first kappa shape index (κ1) is 32.0. The van der Waals surface area contributed by atoms with Gasteiger partial charge >= 0.3 is 5.97 Å². The van der Waals surface area contributed by atoms with Gasteiger partial charge in [0.05, 0.1) is 46.2 Å². The first-order chi connectivity index (χ1) is 22.5. The van der Waals surface area contributed by atoms with Crippen LogP contribution in [0.2, 0.25) is 0 Å². The number of carbonyl (C=O) groups is 2. The summed E-state index contributed by atoms with van der Waals surface area (Å²) >= 11 is 0. The lowest BCUT2D eigenvalue weighted by molar-refractivity contribution is -0.115. The van der Waals surface area contributed by atoms with Crippen LogP contribution in [0, 0.1) is 13.8 Å². The highest BCUT2D eigenvalue weighted by Gasteiger charge is 2.35. The summed E-state index contributed by atoms with van der Waals surface area (Å²) in [6.45, 7) is 2.36. The predicted molar refractivity (Wildman–Crippen MR) is 173 cm³/mol. The Morgan fingerprint density at radius 2 is 1.79 bits per heavy atom. The zero-order chi connectivity index (χ0) is 33.6. The Hall–Kier alpha value is -4.92. The number of hydrogen-bond donors (Lipinski definition) is 5. The summed E-state index contributed by atoms with van der Waals surface area (Å²) in [4.78, 5) is 46.0. The van der Waals surface area contributed by atoms with Crippen molar-refractivity contribution < 1.29 is 34.8 Å². The van der Waals surface area contributed by atoms with Gasteiger partial charge in [-0.2, -0.15) is 4.68 Å². The Labute approximate surface area is 269 Å². The van der Waals surface area contributed by atoms with Crippen molar-refractivity contribution in [2.75, 3.05) is 18.2 Å². The van der Waals surface area contributed by atoms with E-state index in [-0.39, 0.29) is 34.7 Å². The van der Waals surface area contributed by atoms with E-state index in [9.17, 15) is 29.7 Å². The maximum Gasteiger partial charge on any atom is 0.338 e. The second-order valence-electron chi connectivity index (χ2n) is 11.6. The number of aryl methyl sites for hydroxylation is 3. The number of benzene rings is 2. The number of allylic oxidation sites excluding steroid dienone is 1. The minimum Gasteiger partial charge on any atom is -0.455 e. The van der Waals surface area contributed by atoms with E-state index in [1.54, 1.807) is 13.1 Å². The summed E-state index contributed by atoms with van der Waals surface area (Å²) in [6.07, 6.45) is -1.65. The number of nitrogens with two attached hydrogens (primary N) is 1. The van der Waals surface area contributed by atoms with Crippen molar-refractivity contribution in [3.63, 3.8) is 0 Å². The van der Waals surface area contributed by atoms with Crippen LogP contribution in [0.3, 0.4) is 0 Å². The molecule has 2 aromatic heterocycles. The van der Waals surface area contributed by atoms with Gasteiger partial charge in [0.2, 0.25) is 0 Å². The number of fused-ring (bicyclic) bond motifs is 1. The fraction of sp³-hybridized carbons (Fsp3) is 0.294. The molecule has 47 heavy (non-hydrogen) atoms. The number of rotatable bonds is 9. The molecule has 0 spiro atoms. The molecule has 244 valence electrons. The number of aromatic nitrogens is 3. The van der Waals surface area contributed by atoms with Gasteiger partial charge in [-0.1, -0.05) is 36.4 Å². The molecule has 0 fully saturated rings. The molecule has 0 bridgehead atoms. The number of hydrogen-bond acceptors (Lipinski definition) is 10. The van der Waals surface area contributed by atoms with Crippen molar-refractivity contribution in [3.05, 3.63) is 111 Å². The molecule has 6 N–H and O–H groups in total. The highest BCUT2D eigenvalue weighted by Crippen LogP contribution is 2.37. The predicted octanol–water partition coefficient (Wildman–Crippen LogP) is 0.729. The standard InChI is InChI=1S/C34H35N5O8/c1-18-13-21-9-6-10-24-29(21)38(18)26(20-7-4-3-5-8-20)16-37(32(24)44)39-19(2)36-25-14-22(11-12-23(25)33(39)45)34(46)47-28(15-35)31(43)30(42)27(41)17-40/h3-5,7-8,10-14,16,27-28,30-31,40-43H,6,9,15,17,35H2,1-2H3/t27-,28+,30-,31-/m1/s1. The summed E-state index contributed by atoms with van der Waals surface area (Å²) < 4.78 is 8.57. The highest BCUT2D eigenvalue weighted by molar-refractivity contribution is 6.26. The van der Waals surface area contributed by atoms with E-state index in [0.29, 0.717) is 17.7 Å². The molecular formula is C34H35N5O8. The largest absolute Gasteiger partial charge is 0.455 e. The Kier molecular flexibility index (Phi) is 8.66. The molecule has 1 aliphatic carbocycles. The quantitative estimate of drug-likeness (QED) is 0.163. The zero-order valence-corrected chi connectivity index (χ0v) is 25.8. The van der Waals surface area contributed by atoms with Crippen molar-refractivity contribution in [2.45, 2.75) is 51.1 Å². The van der Waals surface area contributed by atoms with E-state index in [1.165, 1.54) is 27.9 Å². The minimum atomic E-state index is -1.82. The van der Waals surface area contributed by atoms with Crippen molar-refractivity contribution in [1.82, 2.24) is 14.2 Å². The SMILES string of the molecule is Cc1cc2c3n1C(c1ccccc1)=CN(n1c(C)nc4cc(C(=O)O[C@@H](CN)[C@@H](O)[C@H](O)[C@H](O)CO)ccc4c1=O)C(=O)C3=CCC2. The molecule has 6 rings (SSSR count). The number of amides is 1. The van der Waals surface area contributed by atoms with Crippen LogP contribution in [0.1, 0.15) is 45.1 Å². The monoisotopic (exact) mass is 641 g/mol. The van der Waals surface area contributed by atoms with Gasteiger partial charge in [-0.3, -0.25) is 9.59 Å². The Morgan fingerprint density at radius 1 is 1.04 bits per heavy atom. The minimum absolute atomic E-state index is 0.0174. The number of ether oxygens (including phenoxy) is 1. The number of nitrogens with zero attached hydrogens (tertiary/aromatic N) is 4. The van der Waals surface area contributed by atoms with Crippen molar-refractivity contribution in [1.29, 1.82) is 0 Å². The van der Waals surface area contributed by atoms with Gasteiger partial charge in [-0.25, -0.2) is 14.8 Å². The molecule has 1 aliphatic heterocycles. The molecule has 0 radical (unpaired) electrons. The van der Waals surface area contributed by atoms with Crippen LogP contribution in [0.5, 0.6) is 0 Å². The van der Waals surface area contributed by atoms with Crippen LogP contribution >= 0.6 is 0 Å². The van der Waals surface area contributed by atoms with Crippen LogP contribution < -0.4 is 16.3 Å². The lowest BCUT2D eigenvalue weighted by Crippen LogP contribution is -2.50. The van der Waals surface area contributed by atoms with Gasteiger partial charge in [0.25, 0.3) is 11.5 Å². The van der Waals surface area contributed by atoms with Crippen LogP contribution in [0.15, 0.2) is 71.7 Å². The topological polar surface area (TPSA) is 193 Å². The highest BCUT2D eigenvalue weighted by atomic mass is 16.6. The van der Waals surface area contributed by atoms with E-state index in [0.717, 1.165) is 28.9 Å².